The van der Waals surface area contributed by atoms with Gasteiger partial charge in [0.15, 0.2) is 0 Å². The molecule has 0 saturated heterocycles. The highest BCUT2D eigenvalue weighted by Gasteiger charge is 2.20. The highest BCUT2D eigenvalue weighted by Crippen LogP contribution is 2.34. The third-order valence-corrected chi connectivity index (χ3v) is 4.08. The number of esters is 1. The molecule has 6 heteroatoms. The monoisotopic (exact) mass is 351 g/mol. The van der Waals surface area contributed by atoms with Crippen molar-refractivity contribution in [2.45, 2.75) is 6.42 Å². The summed E-state index contributed by atoms with van der Waals surface area (Å²) in [6.45, 7) is 0. The molecule has 0 spiro atoms. The van der Waals surface area contributed by atoms with Gasteiger partial charge in [0.25, 0.3) is 5.91 Å². The number of phenols is 1. The molecule has 3 aromatic carbocycles. The zero-order valence-corrected chi connectivity index (χ0v) is 14.0. The number of carbonyl (C=O) groups excluding carboxylic acids is 2. The molecule has 0 aromatic heterocycles. The van der Waals surface area contributed by atoms with Crippen molar-refractivity contribution in [1.29, 1.82) is 0 Å². The summed E-state index contributed by atoms with van der Waals surface area (Å²) in [5.74, 6) is -1.25. The van der Waals surface area contributed by atoms with Gasteiger partial charge >= 0.3 is 5.97 Å². The van der Waals surface area contributed by atoms with E-state index < -0.39 is 5.91 Å². The molecule has 0 unspecified atom stereocenters. The lowest BCUT2D eigenvalue weighted by Crippen LogP contribution is -2.27. The van der Waals surface area contributed by atoms with E-state index in [1.165, 1.54) is 25.3 Å². The average Bonchev–Trinajstić information content (AvgIpc) is 2.68. The summed E-state index contributed by atoms with van der Waals surface area (Å²) < 4.78 is 4.59. The Balaban J connectivity index is 1.86. The van der Waals surface area contributed by atoms with Crippen LogP contribution in [0.3, 0.4) is 0 Å². The molecule has 0 aliphatic heterocycles. The number of nitrogens with zero attached hydrogens (tertiary/aromatic N) is 1. The molecule has 0 aliphatic rings. The lowest BCUT2D eigenvalue weighted by molar-refractivity contribution is -0.139. The van der Waals surface area contributed by atoms with E-state index in [2.05, 4.69) is 4.74 Å². The van der Waals surface area contributed by atoms with Gasteiger partial charge in [-0.2, -0.15) is 5.06 Å². The number of fused-ring (bicyclic) bond motifs is 1. The minimum atomic E-state index is -0.694. The van der Waals surface area contributed by atoms with Crippen molar-refractivity contribution in [3.63, 3.8) is 0 Å². The highest BCUT2D eigenvalue weighted by atomic mass is 16.5. The Morgan fingerprint density at radius 1 is 1.00 bits per heavy atom. The van der Waals surface area contributed by atoms with Gasteiger partial charge in [0.2, 0.25) is 0 Å². The van der Waals surface area contributed by atoms with Crippen LogP contribution in [0.2, 0.25) is 0 Å². The van der Waals surface area contributed by atoms with E-state index in [0.29, 0.717) is 16.0 Å². The molecule has 2 N–H and O–H groups in total. The minimum Gasteiger partial charge on any atom is -0.505 e. The van der Waals surface area contributed by atoms with Crippen LogP contribution in [0.25, 0.3) is 10.8 Å². The Hall–Kier alpha value is -3.38. The minimum absolute atomic E-state index is 0.00710. The van der Waals surface area contributed by atoms with E-state index in [1.807, 2.05) is 12.1 Å². The molecule has 0 fully saturated rings. The van der Waals surface area contributed by atoms with Crippen LogP contribution < -0.4 is 5.06 Å². The van der Waals surface area contributed by atoms with Crippen molar-refractivity contribution in [3.05, 3.63) is 71.8 Å². The summed E-state index contributed by atoms with van der Waals surface area (Å²) in [5.41, 5.74) is 0.896. The van der Waals surface area contributed by atoms with Gasteiger partial charge < -0.3 is 9.84 Å². The van der Waals surface area contributed by atoms with Crippen molar-refractivity contribution in [2.24, 2.45) is 0 Å². The van der Waals surface area contributed by atoms with E-state index in [0.717, 1.165) is 5.39 Å². The molecule has 0 radical (unpaired) electrons. The maximum Gasteiger partial charge on any atom is 0.309 e. The number of ether oxygens (including phenoxy) is 1. The van der Waals surface area contributed by atoms with Crippen LogP contribution in [0.5, 0.6) is 5.75 Å². The molecule has 132 valence electrons. The van der Waals surface area contributed by atoms with Crippen LogP contribution in [0, 0.1) is 0 Å². The maximum absolute atomic E-state index is 12.5. The van der Waals surface area contributed by atoms with Gasteiger partial charge in [-0.25, -0.2) is 0 Å². The predicted octanol–water partition coefficient (Wildman–Crippen LogP) is 3.30. The maximum atomic E-state index is 12.5. The van der Waals surface area contributed by atoms with Crippen molar-refractivity contribution in [1.82, 2.24) is 0 Å². The number of methoxy groups -OCH3 is 1. The van der Waals surface area contributed by atoms with Crippen LogP contribution >= 0.6 is 0 Å². The first kappa shape index (κ1) is 17.4. The van der Waals surface area contributed by atoms with E-state index in [1.54, 1.807) is 30.3 Å². The molecular formula is C20H17NO5. The molecule has 0 bridgehead atoms. The summed E-state index contributed by atoms with van der Waals surface area (Å²) in [6, 6.07) is 16.5. The number of phenolic OH excluding ortho intramolecular Hbond substituents is 1. The average molecular weight is 351 g/mol. The summed E-state index contributed by atoms with van der Waals surface area (Å²) in [6.07, 6.45) is 0.0965. The zero-order valence-electron chi connectivity index (χ0n) is 14.0. The number of benzene rings is 3. The molecule has 26 heavy (non-hydrogen) atoms. The van der Waals surface area contributed by atoms with Gasteiger partial charge in [0, 0.05) is 10.9 Å². The Kier molecular flexibility index (Phi) is 4.86. The van der Waals surface area contributed by atoms with Gasteiger partial charge in [0.05, 0.1) is 13.5 Å². The van der Waals surface area contributed by atoms with E-state index in [9.17, 15) is 19.9 Å². The second-order valence-corrected chi connectivity index (χ2v) is 5.72. The number of carbonyl (C=O) groups is 2. The Bertz CT molecular complexity index is 966. The van der Waals surface area contributed by atoms with Crippen LogP contribution in [-0.2, 0) is 16.0 Å². The van der Waals surface area contributed by atoms with Gasteiger partial charge in [-0.1, -0.05) is 42.5 Å². The molecule has 3 rings (SSSR count). The van der Waals surface area contributed by atoms with E-state index in [-0.39, 0.29) is 29.4 Å². The molecule has 0 saturated carbocycles. The molecule has 6 nitrogen and oxygen atoms in total. The largest absolute Gasteiger partial charge is 0.505 e. The normalized spacial score (nSPS) is 10.5. The number of hydrogen-bond donors (Lipinski definition) is 2. The molecule has 0 atom stereocenters. The van der Waals surface area contributed by atoms with E-state index >= 15 is 0 Å². The van der Waals surface area contributed by atoms with Crippen molar-refractivity contribution in [3.8, 4) is 5.75 Å². The quantitative estimate of drug-likeness (QED) is 0.428. The predicted molar refractivity (Wildman–Crippen MR) is 96.4 cm³/mol. The number of rotatable bonds is 4. The Morgan fingerprint density at radius 2 is 1.69 bits per heavy atom. The van der Waals surface area contributed by atoms with Crippen molar-refractivity contribution in [2.75, 3.05) is 12.2 Å². The number of aromatic hydroxyl groups is 1. The highest BCUT2D eigenvalue weighted by molar-refractivity contribution is 6.07. The lowest BCUT2D eigenvalue weighted by atomic mass is 10.1. The number of anilines is 1. The second kappa shape index (κ2) is 7.25. The fourth-order valence-electron chi connectivity index (χ4n) is 2.65. The first-order valence-corrected chi connectivity index (χ1v) is 7.91. The molecule has 0 heterocycles. The van der Waals surface area contributed by atoms with Crippen molar-refractivity contribution >= 4 is 28.3 Å². The van der Waals surface area contributed by atoms with Crippen molar-refractivity contribution < 1.29 is 24.6 Å². The van der Waals surface area contributed by atoms with E-state index in [4.69, 9.17) is 0 Å². The molecule has 3 aromatic rings. The summed E-state index contributed by atoms with van der Waals surface area (Å²) in [7, 11) is 1.31. The first-order valence-electron chi connectivity index (χ1n) is 7.91. The molecular weight excluding hydrogens is 334 g/mol. The van der Waals surface area contributed by atoms with Gasteiger partial charge in [0.1, 0.15) is 11.4 Å². The Morgan fingerprint density at radius 3 is 2.38 bits per heavy atom. The zero-order chi connectivity index (χ0) is 18.7. The van der Waals surface area contributed by atoms with Crippen LogP contribution in [0.15, 0.2) is 60.7 Å². The topological polar surface area (TPSA) is 87.1 Å². The van der Waals surface area contributed by atoms with Gasteiger partial charge in [-0.3, -0.25) is 14.8 Å². The molecule has 1 amide bonds. The number of amides is 1. The second-order valence-electron chi connectivity index (χ2n) is 5.72. The first-order chi connectivity index (χ1) is 12.5. The smallest absolute Gasteiger partial charge is 0.309 e. The summed E-state index contributed by atoms with van der Waals surface area (Å²) >= 11 is 0. The number of hydroxylamine groups is 1. The standard InChI is InChI=1S/C20H17NO5/c1-26-18(22)12-13-6-8-15(9-7-13)20(24)21(25)17-11-10-14-4-2-3-5-16(14)19(17)23/h2-11,23,25H,12H2,1H3. The SMILES string of the molecule is COC(=O)Cc1ccc(C(=O)N(O)c2ccc3ccccc3c2O)cc1. The van der Waals surface area contributed by atoms with Crippen LogP contribution in [-0.4, -0.2) is 29.3 Å². The fraction of sp³-hybridized carbons (Fsp3) is 0.100. The summed E-state index contributed by atoms with van der Waals surface area (Å²) in [4.78, 5) is 23.8. The van der Waals surface area contributed by atoms with Gasteiger partial charge in [-0.05, 0) is 29.1 Å². The summed E-state index contributed by atoms with van der Waals surface area (Å²) in [5, 5.41) is 22.4. The third-order valence-electron chi connectivity index (χ3n) is 4.08. The lowest BCUT2D eigenvalue weighted by Gasteiger charge is -2.17. The van der Waals surface area contributed by atoms with Gasteiger partial charge in [-0.15, -0.1) is 0 Å². The number of hydrogen-bond acceptors (Lipinski definition) is 5. The fourth-order valence-corrected chi connectivity index (χ4v) is 2.65. The Labute approximate surface area is 149 Å². The molecule has 0 aliphatic carbocycles. The third kappa shape index (κ3) is 3.36. The van der Waals surface area contributed by atoms with Crippen LogP contribution in [0.4, 0.5) is 5.69 Å². The van der Waals surface area contributed by atoms with Crippen LogP contribution in [0.1, 0.15) is 15.9 Å².